The SMILES string of the molecule is CC1CCC(CN(C)Cc2ccccc2F)(C(=O)O)CC1. The standard InChI is InChI=1S/C17H24FNO2/c1-13-7-9-17(10-8-13,16(20)21)12-19(2)11-14-5-3-4-6-15(14)18/h3-6,13H,7-12H2,1-2H3,(H,20,21). The lowest BCUT2D eigenvalue weighted by atomic mass is 9.70. The number of carboxylic acid groups (broad SMARTS) is 1. The van der Waals surface area contributed by atoms with Gasteiger partial charge in [0.1, 0.15) is 5.82 Å². The molecule has 1 N–H and O–H groups in total. The van der Waals surface area contributed by atoms with Crippen LogP contribution in [0.25, 0.3) is 0 Å². The molecule has 0 aliphatic heterocycles. The number of carbonyl (C=O) groups is 1. The third-order valence-electron chi connectivity index (χ3n) is 4.66. The van der Waals surface area contributed by atoms with Crippen molar-refractivity contribution in [1.82, 2.24) is 4.90 Å². The van der Waals surface area contributed by atoms with Gasteiger partial charge in [0.2, 0.25) is 0 Å². The van der Waals surface area contributed by atoms with Crippen molar-refractivity contribution in [3.8, 4) is 0 Å². The molecule has 0 bridgehead atoms. The molecule has 0 aromatic heterocycles. The van der Waals surface area contributed by atoms with Crippen LogP contribution in [0.5, 0.6) is 0 Å². The van der Waals surface area contributed by atoms with Gasteiger partial charge in [-0.05, 0) is 44.7 Å². The second kappa shape index (κ2) is 6.56. The van der Waals surface area contributed by atoms with Gasteiger partial charge in [-0.25, -0.2) is 4.39 Å². The maximum atomic E-state index is 13.7. The zero-order chi connectivity index (χ0) is 15.5. The number of rotatable bonds is 5. The van der Waals surface area contributed by atoms with Crippen LogP contribution in [0.4, 0.5) is 4.39 Å². The third-order valence-corrected chi connectivity index (χ3v) is 4.66. The maximum Gasteiger partial charge on any atom is 0.310 e. The molecule has 0 radical (unpaired) electrons. The van der Waals surface area contributed by atoms with Crippen LogP contribution in [-0.2, 0) is 11.3 Å². The molecule has 1 aromatic rings. The molecule has 1 aliphatic carbocycles. The molecule has 4 heteroatoms. The highest BCUT2D eigenvalue weighted by molar-refractivity contribution is 5.75. The molecule has 1 saturated carbocycles. The highest BCUT2D eigenvalue weighted by Crippen LogP contribution is 2.39. The molecule has 1 aliphatic rings. The quantitative estimate of drug-likeness (QED) is 0.902. The van der Waals surface area contributed by atoms with Crippen molar-refractivity contribution in [2.45, 2.75) is 39.2 Å². The Morgan fingerprint density at radius 2 is 2.00 bits per heavy atom. The van der Waals surface area contributed by atoms with E-state index in [1.807, 2.05) is 18.0 Å². The van der Waals surface area contributed by atoms with E-state index in [1.165, 1.54) is 6.07 Å². The Morgan fingerprint density at radius 3 is 2.57 bits per heavy atom. The van der Waals surface area contributed by atoms with Crippen LogP contribution in [0, 0.1) is 17.2 Å². The molecular formula is C17H24FNO2. The van der Waals surface area contributed by atoms with Crippen LogP contribution in [0.3, 0.4) is 0 Å². The van der Waals surface area contributed by atoms with E-state index in [1.54, 1.807) is 12.1 Å². The van der Waals surface area contributed by atoms with Gasteiger partial charge in [0.25, 0.3) is 0 Å². The molecule has 0 spiro atoms. The highest BCUT2D eigenvalue weighted by Gasteiger charge is 2.41. The first-order chi connectivity index (χ1) is 9.93. The fourth-order valence-corrected chi connectivity index (χ4v) is 3.24. The molecule has 0 heterocycles. The van der Waals surface area contributed by atoms with Gasteiger partial charge in [-0.1, -0.05) is 25.1 Å². The highest BCUT2D eigenvalue weighted by atomic mass is 19.1. The van der Waals surface area contributed by atoms with Crippen molar-refractivity contribution in [1.29, 1.82) is 0 Å². The molecule has 0 unspecified atom stereocenters. The number of aliphatic carboxylic acids is 1. The van der Waals surface area contributed by atoms with Crippen molar-refractivity contribution in [3.05, 3.63) is 35.6 Å². The molecule has 21 heavy (non-hydrogen) atoms. The van der Waals surface area contributed by atoms with Crippen molar-refractivity contribution in [3.63, 3.8) is 0 Å². The summed E-state index contributed by atoms with van der Waals surface area (Å²) < 4.78 is 13.7. The summed E-state index contributed by atoms with van der Waals surface area (Å²) in [6.07, 6.45) is 3.34. The normalized spacial score (nSPS) is 26.0. The summed E-state index contributed by atoms with van der Waals surface area (Å²) in [4.78, 5) is 13.7. The van der Waals surface area contributed by atoms with E-state index in [0.717, 1.165) is 12.8 Å². The van der Waals surface area contributed by atoms with Gasteiger partial charge in [0, 0.05) is 18.7 Å². The Labute approximate surface area is 125 Å². The van der Waals surface area contributed by atoms with E-state index in [2.05, 4.69) is 6.92 Å². The molecule has 116 valence electrons. The zero-order valence-electron chi connectivity index (χ0n) is 12.8. The van der Waals surface area contributed by atoms with Gasteiger partial charge in [0.15, 0.2) is 0 Å². The summed E-state index contributed by atoms with van der Waals surface area (Å²) in [5, 5.41) is 9.64. The van der Waals surface area contributed by atoms with Crippen molar-refractivity contribution in [2.24, 2.45) is 11.3 Å². The Morgan fingerprint density at radius 1 is 1.38 bits per heavy atom. The summed E-state index contributed by atoms with van der Waals surface area (Å²) in [6, 6.07) is 6.67. The summed E-state index contributed by atoms with van der Waals surface area (Å²) in [5.74, 6) is -0.338. The van der Waals surface area contributed by atoms with Gasteiger partial charge in [-0.2, -0.15) is 0 Å². The molecule has 0 saturated heterocycles. The Kier molecular flexibility index (Phi) is 4.99. The number of nitrogens with zero attached hydrogens (tertiary/aromatic N) is 1. The minimum absolute atomic E-state index is 0.231. The molecular weight excluding hydrogens is 269 g/mol. The first-order valence-corrected chi connectivity index (χ1v) is 7.58. The molecule has 0 atom stereocenters. The van der Waals surface area contributed by atoms with E-state index in [-0.39, 0.29) is 5.82 Å². The largest absolute Gasteiger partial charge is 0.481 e. The van der Waals surface area contributed by atoms with Crippen LogP contribution in [-0.4, -0.2) is 29.6 Å². The van der Waals surface area contributed by atoms with Crippen molar-refractivity contribution < 1.29 is 14.3 Å². The summed E-state index contributed by atoms with van der Waals surface area (Å²) >= 11 is 0. The smallest absolute Gasteiger partial charge is 0.310 e. The Bertz CT molecular complexity index is 495. The van der Waals surface area contributed by atoms with Crippen LogP contribution in [0.15, 0.2) is 24.3 Å². The fourth-order valence-electron chi connectivity index (χ4n) is 3.24. The molecule has 1 fully saturated rings. The van der Waals surface area contributed by atoms with Gasteiger partial charge in [0.05, 0.1) is 5.41 Å². The number of benzene rings is 1. The van der Waals surface area contributed by atoms with Crippen LogP contribution in [0.1, 0.15) is 38.2 Å². The Hall–Kier alpha value is -1.42. The van der Waals surface area contributed by atoms with E-state index in [0.29, 0.717) is 37.4 Å². The van der Waals surface area contributed by atoms with Crippen molar-refractivity contribution in [2.75, 3.05) is 13.6 Å². The topological polar surface area (TPSA) is 40.5 Å². The average molecular weight is 293 g/mol. The van der Waals surface area contributed by atoms with Crippen LogP contribution < -0.4 is 0 Å². The Balaban J connectivity index is 2.04. The van der Waals surface area contributed by atoms with Gasteiger partial charge in [-0.15, -0.1) is 0 Å². The second-order valence-corrected chi connectivity index (χ2v) is 6.53. The molecule has 3 nitrogen and oxygen atoms in total. The first-order valence-electron chi connectivity index (χ1n) is 7.58. The van der Waals surface area contributed by atoms with Crippen molar-refractivity contribution >= 4 is 5.97 Å². The predicted octanol–water partition coefficient (Wildman–Crippen LogP) is 3.54. The molecule has 2 rings (SSSR count). The second-order valence-electron chi connectivity index (χ2n) is 6.53. The number of carboxylic acids is 1. The summed E-state index contributed by atoms with van der Waals surface area (Å²) in [7, 11) is 1.87. The molecule has 0 amide bonds. The lowest BCUT2D eigenvalue weighted by Crippen LogP contribution is -2.44. The van der Waals surface area contributed by atoms with Gasteiger partial charge in [-0.3, -0.25) is 4.79 Å². The minimum atomic E-state index is -0.713. The minimum Gasteiger partial charge on any atom is -0.481 e. The average Bonchev–Trinajstić information content (AvgIpc) is 2.44. The van der Waals surface area contributed by atoms with Crippen LogP contribution >= 0.6 is 0 Å². The first kappa shape index (κ1) is 16.0. The van der Waals surface area contributed by atoms with E-state index in [9.17, 15) is 14.3 Å². The lowest BCUT2D eigenvalue weighted by molar-refractivity contribution is -0.153. The zero-order valence-corrected chi connectivity index (χ0v) is 12.8. The predicted molar refractivity (Wildman–Crippen MR) is 80.4 cm³/mol. The number of hydrogen-bond acceptors (Lipinski definition) is 2. The fraction of sp³-hybridized carbons (Fsp3) is 0.588. The van der Waals surface area contributed by atoms with Crippen LogP contribution in [0.2, 0.25) is 0 Å². The number of hydrogen-bond donors (Lipinski definition) is 1. The summed E-state index contributed by atoms with van der Waals surface area (Å²) in [6.45, 7) is 3.09. The summed E-state index contributed by atoms with van der Waals surface area (Å²) in [5.41, 5.74) is -0.0586. The number of halogens is 1. The van der Waals surface area contributed by atoms with E-state index < -0.39 is 11.4 Å². The maximum absolute atomic E-state index is 13.7. The monoisotopic (exact) mass is 293 g/mol. The van der Waals surface area contributed by atoms with Gasteiger partial charge >= 0.3 is 5.97 Å². The van der Waals surface area contributed by atoms with Gasteiger partial charge < -0.3 is 10.0 Å². The van der Waals surface area contributed by atoms with E-state index in [4.69, 9.17) is 0 Å². The third kappa shape index (κ3) is 3.82. The lowest BCUT2D eigenvalue weighted by Gasteiger charge is -2.38. The van der Waals surface area contributed by atoms with E-state index >= 15 is 0 Å². The molecule has 1 aromatic carbocycles.